The molecule has 0 radical (unpaired) electrons. The van der Waals surface area contributed by atoms with Crippen LogP contribution in [0, 0.1) is 0 Å². The van der Waals surface area contributed by atoms with E-state index in [1.165, 1.54) is 12.8 Å². The van der Waals surface area contributed by atoms with Crippen molar-refractivity contribution in [1.82, 2.24) is 15.5 Å². The van der Waals surface area contributed by atoms with Crippen LogP contribution in [-0.4, -0.2) is 43.2 Å². The summed E-state index contributed by atoms with van der Waals surface area (Å²) in [6, 6.07) is 0.587. The molecule has 2 amide bonds. The Hall–Kier alpha value is -0.770. The molecule has 1 fully saturated rings. The van der Waals surface area contributed by atoms with Crippen LogP contribution in [0.1, 0.15) is 39.5 Å². The van der Waals surface area contributed by atoms with Gasteiger partial charge in [-0.25, -0.2) is 4.79 Å². The molecule has 1 heterocycles. The van der Waals surface area contributed by atoms with Crippen LogP contribution in [0.15, 0.2) is 0 Å². The SMILES string of the molecule is CCCCN(CC1CCCN1)C(=O)NCC. The molecule has 0 spiro atoms. The zero-order chi connectivity index (χ0) is 11.8. The molecule has 16 heavy (non-hydrogen) atoms. The summed E-state index contributed by atoms with van der Waals surface area (Å²) in [4.78, 5) is 13.8. The minimum atomic E-state index is 0.0876. The lowest BCUT2D eigenvalue weighted by Crippen LogP contribution is -2.46. The van der Waals surface area contributed by atoms with E-state index in [2.05, 4.69) is 17.6 Å². The molecule has 0 saturated carbocycles. The largest absolute Gasteiger partial charge is 0.338 e. The summed E-state index contributed by atoms with van der Waals surface area (Å²) in [5, 5.41) is 6.33. The highest BCUT2D eigenvalue weighted by molar-refractivity contribution is 5.74. The van der Waals surface area contributed by atoms with Gasteiger partial charge >= 0.3 is 6.03 Å². The van der Waals surface area contributed by atoms with E-state index in [0.29, 0.717) is 12.6 Å². The summed E-state index contributed by atoms with van der Waals surface area (Å²) in [5.74, 6) is 0. The molecule has 0 aromatic carbocycles. The van der Waals surface area contributed by atoms with Crippen molar-refractivity contribution in [2.75, 3.05) is 26.2 Å². The third kappa shape index (κ3) is 4.39. The molecule has 2 N–H and O–H groups in total. The average molecular weight is 227 g/mol. The molecular weight excluding hydrogens is 202 g/mol. The lowest BCUT2D eigenvalue weighted by atomic mass is 10.2. The first-order chi connectivity index (χ1) is 7.77. The molecule has 1 aliphatic heterocycles. The van der Waals surface area contributed by atoms with Gasteiger partial charge in [0.15, 0.2) is 0 Å². The van der Waals surface area contributed by atoms with Crippen LogP contribution in [0.25, 0.3) is 0 Å². The molecular formula is C12H25N3O. The third-order valence-electron chi connectivity index (χ3n) is 3.00. The van der Waals surface area contributed by atoms with Gasteiger partial charge < -0.3 is 15.5 Å². The van der Waals surface area contributed by atoms with Gasteiger partial charge in [0, 0.05) is 25.7 Å². The Morgan fingerprint density at radius 3 is 2.88 bits per heavy atom. The normalized spacial score (nSPS) is 19.8. The molecule has 1 rings (SSSR count). The molecule has 1 saturated heterocycles. The minimum absolute atomic E-state index is 0.0876. The second-order valence-electron chi connectivity index (χ2n) is 4.43. The molecule has 0 aliphatic carbocycles. The van der Waals surface area contributed by atoms with Gasteiger partial charge in [-0.15, -0.1) is 0 Å². The number of rotatable bonds is 6. The first-order valence-corrected chi connectivity index (χ1v) is 6.54. The first kappa shape index (κ1) is 13.3. The predicted octanol–water partition coefficient (Wildman–Crippen LogP) is 1.57. The molecule has 0 bridgehead atoms. The van der Waals surface area contributed by atoms with Gasteiger partial charge in [0.05, 0.1) is 0 Å². The summed E-state index contributed by atoms with van der Waals surface area (Å²) in [6.45, 7) is 7.65. The highest BCUT2D eigenvalue weighted by Gasteiger charge is 2.20. The quantitative estimate of drug-likeness (QED) is 0.723. The maximum atomic E-state index is 11.8. The average Bonchev–Trinajstić information content (AvgIpc) is 2.77. The third-order valence-corrected chi connectivity index (χ3v) is 3.00. The monoisotopic (exact) mass is 227 g/mol. The van der Waals surface area contributed by atoms with E-state index in [9.17, 15) is 4.79 Å². The summed E-state index contributed by atoms with van der Waals surface area (Å²) in [6.07, 6.45) is 4.65. The van der Waals surface area contributed by atoms with Crippen LogP contribution in [0.3, 0.4) is 0 Å². The molecule has 1 aliphatic rings. The maximum Gasteiger partial charge on any atom is 0.317 e. The predicted molar refractivity (Wildman–Crippen MR) is 66.6 cm³/mol. The Labute approximate surface area is 98.8 Å². The smallest absolute Gasteiger partial charge is 0.317 e. The lowest BCUT2D eigenvalue weighted by molar-refractivity contribution is 0.192. The van der Waals surface area contributed by atoms with Crippen LogP contribution < -0.4 is 10.6 Å². The van der Waals surface area contributed by atoms with Gasteiger partial charge in [-0.3, -0.25) is 0 Å². The second kappa shape index (κ2) is 7.49. The Kier molecular flexibility index (Phi) is 6.23. The molecule has 1 atom stereocenters. The van der Waals surface area contributed by atoms with Crippen molar-refractivity contribution in [1.29, 1.82) is 0 Å². The van der Waals surface area contributed by atoms with Crippen molar-refractivity contribution in [2.24, 2.45) is 0 Å². The maximum absolute atomic E-state index is 11.8. The van der Waals surface area contributed by atoms with E-state index in [1.54, 1.807) is 0 Å². The zero-order valence-corrected chi connectivity index (χ0v) is 10.6. The van der Waals surface area contributed by atoms with Gasteiger partial charge in [0.2, 0.25) is 0 Å². The summed E-state index contributed by atoms with van der Waals surface area (Å²) >= 11 is 0. The number of unbranched alkanes of at least 4 members (excludes halogenated alkanes) is 1. The van der Waals surface area contributed by atoms with Gasteiger partial charge in [-0.2, -0.15) is 0 Å². The van der Waals surface area contributed by atoms with Crippen molar-refractivity contribution in [3.8, 4) is 0 Å². The highest BCUT2D eigenvalue weighted by atomic mass is 16.2. The Bertz CT molecular complexity index is 202. The topological polar surface area (TPSA) is 44.4 Å². The number of hydrogen-bond donors (Lipinski definition) is 2. The molecule has 1 unspecified atom stereocenters. The van der Waals surface area contributed by atoms with Gasteiger partial charge in [0.1, 0.15) is 0 Å². The van der Waals surface area contributed by atoms with E-state index >= 15 is 0 Å². The van der Waals surface area contributed by atoms with Crippen molar-refractivity contribution < 1.29 is 4.79 Å². The molecule has 4 heteroatoms. The van der Waals surface area contributed by atoms with Gasteiger partial charge in [-0.1, -0.05) is 13.3 Å². The van der Waals surface area contributed by atoms with Crippen molar-refractivity contribution in [2.45, 2.75) is 45.6 Å². The van der Waals surface area contributed by atoms with Gasteiger partial charge in [-0.05, 0) is 32.7 Å². The number of carbonyl (C=O) groups is 1. The number of amides is 2. The van der Waals surface area contributed by atoms with Crippen molar-refractivity contribution in [3.05, 3.63) is 0 Å². The Morgan fingerprint density at radius 2 is 2.31 bits per heavy atom. The fraction of sp³-hybridized carbons (Fsp3) is 0.917. The number of carbonyl (C=O) groups excluding carboxylic acids is 1. The fourth-order valence-corrected chi connectivity index (χ4v) is 2.07. The summed E-state index contributed by atoms with van der Waals surface area (Å²) in [7, 11) is 0. The van der Waals surface area contributed by atoms with Crippen LogP contribution in [0.4, 0.5) is 4.79 Å². The van der Waals surface area contributed by atoms with Crippen molar-refractivity contribution in [3.63, 3.8) is 0 Å². The summed E-state index contributed by atoms with van der Waals surface area (Å²) < 4.78 is 0. The van der Waals surface area contributed by atoms with Crippen LogP contribution in [0.2, 0.25) is 0 Å². The van der Waals surface area contributed by atoms with E-state index in [0.717, 1.165) is 32.5 Å². The molecule has 0 aromatic rings. The molecule has 4 nitrogen and oxygen atoms in total. The van der Waals surface area contributed by atoms with E-state index in [-0.39, 0.29) is 6.03 Å². The highest BCUT2D eigenvalue weighted by Crippen LogP contribution is 2.08. The van der Waals surface area contributed by atoms with E-state index < -0.39 is 0 Å². The van der Waals surface area contributed by atoms with Crippen LogP contribution >= 0.6 is 0 Å². The minimum Gasteiger partial charge on any atom is -0.338 e. The zero-order valence-electron chi connectivity index (χ0n) is 10.6. The second-order valence-corrected chi connectivity index (χ2v) is 4.43. The van der Waals surface area contributed by atoms with Crippen molar-refractivity contribution >= 4 is 6.03 Å². The number of urea groups is 1. The molecule has 94 valence electrons. The van der Waals surface area contributed by atoms with Crippen LogP contribution in [0.5, 0.6) is 0 Å². The number of nitrogens with one attached hydrogen (secondary N) is 2. The lowest BCUT2D eigenvalue weighted by Gasteiger charge is -2.25. The Morgan fingerprint density at radius 1 is 1.50 bits per heavy atom. The van der Waals surface area contributed by atoms with E-state index in [1.807, 2.05) is 11.8 Å². The Balaban J connectivity index is 2.38. The van der Waals surface area contributed by atoms with E-state index in [4.69, 9.17) is 0 Å². The summed E-state index contributed by atoms with van der Waals surface area (Å²) in [5.41, 5.74) is 0. The first-order valence-electron chi connectivity index (χ1n) is 6.54. The standard InChI is InChI=1S/C12H25N3O/c1-3-5-9-15(12(16)13-4-2)10-11-7-6-8-14-11/h11,14H,3-10H2,1-2H3,(H,13,16). The van der Waals surface area contributed by atoms with Gasteiger partial charge in [0.25, 0.3) is 0 Å². The van der Waals surface area contributed by atoms with Crippen LogP contribution in [-0.2, 0) is 0 Å². The number of nitrogens with zero attached hydrogens (tertiary/aromatic N) is 1. The number of hydrogen-bond acceptors (Lipinski definition) is 2. The fourth-order valence-electron chi connectivity index (χ4n) is 2.07. The molecule has 0 aromatic heterocycles.